The van der Waals surface area contributed by atoms with Gasteiger partial charge in [-0.1, -0.05) is 28.1 Å². The van der Waals surface area contributed by atoms with Crippen molar-refractivity contribution in [2.75, 3.05) is 27.2 Å². The highest BCUT2D eigenvalue weighted by atomic mass is 79.9. The minimum Gasteiger partial charge on any atom is -0.377 e. The molecule has 1 unspecified atom stereocenters. The second kappa shape index (κ2) is 7.03. The van der Waals surface area contributed by atoms with E-state index in [9.17, 15) is 0 Å². The normalized spacial score (nSPS) is 24.0. The number of likely N-dealkylation sites (tertiary alicyclic amines) is 1. The van der Waals surface area contributed by atoms with E-state index in [1.165, 1.54) is 22.0 Å². The third-order valence-electron chi connectivity index (χ3n) is 4.12. The van der Waals surface area contributed by atoms with Crippen LogP contribution >= 0.6 is 15.9 Å². The highest BCUT2D eigenvalue weighted by Crippen LogP contribution is 2.27. The summed E-state index contributed by atoms with van der Waals surface area (Å²) in [5.41, 5.74) is 2.67. The molecular weight excluding hydrogens is 316 g/mol. The zero-order valence-electron chi connectivity index (χ0n) is 12.7. The second-order valence-electron chi connectivity index (χ2n) is 5.92. The van der Waals surface area contributed by atoms with E-state index < -0.39 is 0 Å². The summed E-state index contributed by atoms with van der Waals surface area (Å²) in [4.78, 5) is 2.49. The zero-order chi connectivity index (χ0) is 14.6. The molecule has 0 amide bonds. The van der Waals surface area contributed by atoms with E-state index in [1.807, 2.05) is 14.2 Å². The monoisotopic (exact) mass is 340 g/mol. The van der Waals surface area contributed by atoms with Crippen LogP contribution in [0.25, 0.3) is 0 Å². The zero-order valence-corrected chi connectivity index (χ0v) is 14.3. The average molecular weight is 341 g/mol. The number of hydrogen-bond acceptors (Lipinski definition) is 3. The van der Waals surface area contributed by atoms with Gasteiger partial charge in [0.15, 0.2) is 0 Å². The molecule has 112 valence electrons. The maximum Gasteiger partial charge on any atom is 0.0777 e. The van der Waals surface area contributed by atoms with E-state index in [-0.39, 0.29) is 5.60 Å². The minimum absolute atomic E-state index is 0.0107. The Balaban J connectivity index is 2.02. The SMILES string of the molecule is CNCc1ccc(CN2CCCC(C)(OC)C2)c(Br)c1. The van der Waals surface area contributed by atoms with Crippen molar-refractivity contribution in [3.05, 3.63) is 33.8 Å². The summed E-state index contributed by atoms with van der Waals surface area (Å²) in [5.74, 6) is 0. The van der Waals surface area contributed by atoms with Gasteiger partial charge in [-0.05, 0) is 50.6 Å². The summed E-state index contributed by atoms with van der Waals surface area (Å²) in [6.45, 7) is 6.27. The topological polar surface area (TPSA) is 24.5 Å². The van der Waals surface area contributed by atoms with E-state index >= 15 is 0 Å². The van der Waals surface area contributed by atoms with Gasteiger partial charge in [-0.2, -0.15) is 0 Å². The average Bonchev–Trinajstić information content (AvgIpc) is 2.42. The lowest BCUT2D eigenvalue weighted by Gasteiger charge is -2.39. The van der Waals surface area contributed by atoms with Crippen molar-refractivity contribution >= 4 is 15.9 Å². The Morgan fingerprint density at radius 2 is 2.25 bits per heavy atom. The van der Waals surface area contributed by atoms with Gasteiger partial charge in [0, 0.05) is 31.2 Å². The van der Waals surface area contributed by atoms with E-state index in [0.717, 1.165) is 32.6 Å². The molecular formula is C16H25BrN2O. The van der Waals surface area contributed by atoms with Crippen molar-refractivity contribution < 1.29 is 4.74 Å². The summed E-state index contributed by atoms with van der Waals surface area (Å²) in [5, 5.41) is 3.18. The third kappa shape index (κ3) is 4.04. The molecule has 1 N–H and O–H groups in total. The van der Waals surface area contributed by atoms with Crippen molar-refractivity contribution in [3.63, 3.8) is 0 Å². The molecule has 0 aromatic heterocycles. The van der Waals surface area contributed by atoms with Gasteiger partial charge < -0.3 is 10.1 Å². The molecule has 0 spiro atoms. The molecule has 1 aliphatic rings. The second-order valence-corrected chi connectivity index (χ2v) is 6.78. The Labute approximate surface area is 130 Å². The number of ether oxygens (including phenoxy) is 1. The smallest absolute Gasteiger partial charge is 0.0777 e. The Morgan fingerprint density at radius 1 is 1.45 bits per heavy atom. The summed E-state index contributed by atoms with van der Waals surface area (Å²) in [6, 6.07) is 6.65. The predicted molar refractivity (Wildman–Crippen MR) is 86.8 cm³/mol. The Bertz CT molecular complexity index is 452. The largest absolute Gasteiger partial charge is 0.377 e. The predicted octanol–water partition coefficient (Wildman–Crippen LogP) is 3.17. The number of benzene rings is 1. The fraction of sp³-hybridized carbons (Fsp3) is 0.625. The van der Waals surface area contributed by atoms with Crippen LogP contribution in [0.1, 0.15) is 30.9 Å². The molecule has 20 heavy (non-hydrogen) atoms. The van der Waals surface area contributed by atoms with Crippen LogP contribution in [0.2, 0.25) is 0 Å². The van der Waals surface area contributed by atoms with Crippen LogP contribution in [-0.4, -0.2) is 37.7 Å². The van der Waals surface area contributed by atoms with E-state index in [2.05, 4.69) is 51.3 Å². The quantitative estimate of drug-likeness (QED) is 0.890. The molecule has 0 radical (unpaired) electrons. The number of rotatable bonds is 5. The highest BCUT2D eigenvalue weighted by molar-refractivity contribution is 9.10. The Hall–Kier alpha value is -0.420. The molecule has 1 aliphatic heterocycles. The molecule has 4 heteroatoms. The van der Waals surface area contributed by atoms with Crippen molar-refractivity contribution in [2.24, 2.45) is 0 Å². The molecule has 0 bridgehead atoms. The summed E-state index contributed by atoms with van der Waals surface area (Å²) in [6.07, 6.45) is 2.36. The van der Waals surface area contributed by atoms with Crippen LogP contribution in [0.5, 0.6) is 0 Å². The molecule has 1 fully saturated rings. The maximum absolute atomic E-state index is 5.67. The summed E-state index contributed by atoms with van der Waals surface area (Å²) < 4.78 is 6.87. The number of nitrogens with zero attached hydrogens (tertiary/aromatic N) is 1. The first-order valence-electron chi connectivity index (χ1n) is 7.26. The molecule has 3 nitrogen and oxygen atoms in total. The molecule has 1 saturated heterocycles. The van der Waals surface area contributed by atoms with E-state index in [1.54, 1.807) is 0 Å². The summed E-state index contributed by atoms with van der Waals surface area (Å²) >= 11 is 3.70. The molecule has 1 heterocycles. The van der Waals surface area contributed by atoms with Crippen LogP contribution in [0, 0.1) is 0 Å². The fourth-order valence-corrected chi connectivity index (χ4v) is 3.43. The van der Waals surface area contributed by atoms with Crippen LogP contribution in [-0.2, 0) is 17.8 Å². The lowest BCUT2D eigenvalue weighted by Crippen LogP contribution is -2.46. The first-order valence-corrected chi connectivity index (χ1v) is 8.05. The van der Waals surface area contributed by atoms with Crippen LogP contribution in [0.15, 0.2) is 22.7 Å². The van der Waals surface area contributed by atoms with Crippen molar-refractivity contribution in [1.29, 1.82) is 0 Å². The Kier molecular flexibility index (Phi) is 5.61. The maximum atomic E-state index is 5.67. The molecule has 2 rings (SSSR count). The van der Waals surface area contributed by atoms with E-state index in [0.29, 0.717) is 0 Å². The lowest BCUT2D eigenvalue weighted by molar-refractivity contribution is -0.0527. The van der Waals surface area contributed by atoms with Gasteiger partial charge in [0.25, 0.3) is 0 Å². The minimum atomic E-state index is 0.0107. The summed E-state index contributed by atoms with van der Waals surface area (Å²) in [7, 11) is 3.80. The highest BCUT2D eigenvalue weighted by Gasteiger charge is 2.30. The first kappa shape index (κ1) is 16.0. The van der Waals surface area contributed by atoms with Gasteiger partial charge in [-0.3, -0.25) is 4.90 Å². The number of piperidine rings is 1. The molecule has 0 aliphatic carbocycles. The van der Waals surface area contributed by atoms with Crippen molar-refractivity contribution in [1.82, 2.24) is 10.2 Å². The van der Waals surface area contributed by atoms with Crippen molar-refractivity contribution in [3.8, 4) is 0 Å². The fourth-order valence-electron chi connectivity index (χ4n) is 2.88. The van der Waals surface area contributed by atoms with Gasteiger partial charge in [0.2, 0.25) is 0 Å². The lowest BCUT2D eigenvalue weighted by atomic mass is 9.94. The van der Waals surface area contributed by atoms with Crippen LogP contribution in [0.3, 0.4) is 0 Å². The van der Waals surface area contributed by atoms with Gasteiger partial charge >= 0.3 is 0 Å². The molecule has 1 aromatic carbocycles. The first-order chi connectivity index (χ1) is 9.56. The van der Waals surface area contributed by atoms with E-state index in [4.69, 9.17) is 4.74 Å². The van der Waals surface area contributed by atoms with Gasteiger partial charge in [0.1, 0.15) is 0 Å². The van der Waals surface area contributed by atoms with Crippen LogP contribution < -0.4 is 5.32 Å². The third-order valence-corrected chi connectivity index (χ3v) is 4.86. The van der Waals surface area contributed by atoms with Gasteiger partial charge in [0.05, 0.1) is 5.60 Å². The van der Waals surface area contributed by atoms with Gasteiger partial charge in [-0.15, -0.1) is 0 Å². The number of hydrogen-bond donors (Lipinski definition) is 1. The molecule has 1 atom stereocenters. The number of methoxy groups -OCH3 is 1. The van der Waals surface area contributed by atoms with Crippen LogP contribution in [0.4, 0.5) is 0 Å². The standard InChI is InChI=1S/C16H25BrN2O/c1-16(20-3)7-4-8-19(12-16)11-14-6-5-13(10-18-2)9-15(14)17/h5-6,9,18H,4,7-8,10-12H2,1-3H3. The van der Waals surface area contributed by atoms with Crippen molar-refractivity contribution in [2.45, 2.75) is 38.5 Å². The number of nitrogens with one attached hydrogen (secondary N) is 1. The molecule has 0 saturated carbocycles. The molecule has 1 aromatic rings. The number of halogens is 1. The van der Waals surface area contributed by atoms with Gasteiger partial charge in [-0.25, -0.2) is 0 Å². The Morgan fingerprint density at radius 3 is 2.90 bits per heavy atom.